The minimum Gasteiger partial charge on any atom is -0.388 e. The number of rotatable bonds is 5. The molecule has 0 radical (unpaired) electrons. The minimum atomic E-state index is -0.923. The van der Waals surface area contributed by atoms with Gasteiger partial charge in [-0.25, -0.2) is 4.79 Å². The zero-order valence-electron chi connectivity index (χ0n) is 14.2. The van der Waals surface area contributed by atoms with Gasteiger partial charge < -0.3 is 10.4 Å². The summed E-state index contributed by atoms with van der Waals surface area (Å²) >= 11 is 0. The van der Waals surface area contributed by atoms with E-state index in [0.717, 1.165) is 24.8 Å². The third-order valence-electron chi connectivity index (χ3n) is 5.33. The van der Waals surface area contributed by atoms with Crippen LogP contribution >= 0.6 is 0 Å². The lowest BCUT2D eigenvalue weighted by Gasteiger charge is -2.36. The summed E-state index contributed by atoms with van der Waals surface area (Å²) in [5, 5.41) is 13.5. The van der Waals surface area contributed by atoms with Gasteiger partial charge in [-0.2, -0.15) is 0 Å². The van der Waals surface area contributed by atoms with Gasteiger partial charge in [0.2, 0.25) is 0 Å². The van der Waals surface area contributed by atoms with Gasteiger partial charge in [0, 0.05) is 0 Å². The maximum absolute atomic E-state index is 12.5. The summed E-state index contributed by atoms with van der Waals surface area (Å²) < 4.78 is 0. The van der Waals surface area contributed by atoms with E-state index in [1.807, 2.05) is 30.3 Å². The van der Waals surface area contributed by atoms with Crippen molar-refractivity contribution in [2.24, 2.45) is 5.92 Å². The number of carbonyl (C=O) groups is 2. The quantitative estimate of drug-likeness (QED) is 0.815. The zero-order chi connectivity index (χ0) is 17.2. The SMILES string of the molecule is CC1CCC(O)(CN2C(=O)NC(CCc3ccccc3)C2=O)CC1. The van der Waals surface area contributed by atoms with E-state index in [4.69, 9.17) is 0 Å². The highest BCUT2D eigenvalue weighted by Gasteiger charge is 2.43. The summed E-state index contributed by atoms with van der Waals surface area (Å²) in [6, 6.07) is 9.08. The predicted molar refractivity (Wildman–Crippen MR) is 91.4 cm³/mol. The summed E-state index contributed by atoms with van der Waals surface area (Å²) in [5.74, 6) is 0.398. The molecule has 3 amide bonds. The molecule has 1 aliphatic heterocycles. The van der Waals surface area contributed by atoms with Crippen LogP contribution in [0, 0.1) is 5.92 Å². The van der Waals surface area contributed by atoms with Gasteiger partial charge in [-0.3, -0.25) is 9.69 Å². The molecule has 1 aromatic rings. The number of benzene rings is 1. The zero-order valence-corrected chi connectivity index (χ0v) is 14.2. The molecule has 2 N–H and O–H groups in total. The first-order valence-corrected chi connectivity index (χ1v) is 8.85. The number of nitrogens with zero attached hydrogens (tertiary/aromatic N) is 1. The molecule has 0 bridgehead atoms. The molecule has 1 heterocycles. The summed E-state index contributed by atoms with van der Waals surface area (Å²) in [5.41, 5.74) is 0.228. The Balaban J connectivity index is 1.58. The number of amides is 3. The second-order valence-electron chi connectivity index (χ2n) is 7.36. The molecule has 24 heavy (non-hydrogen) atoms. The van der Waals surface area contributed by atoms with Crippen LogP contribution in [0.5, 0.6) is 0 Å². The number of nitrogens with one attached hydrogen (secondary N) is 1. The molecular formula is C19H26N2O3. The molecule has 0 spiro atoms. The van der Waals surface area contributed by atoms with Crippen molar-refractivity contribution in [3.63, 3.8) is 0 Å². The molecule has 5 nitrogen and oxygen atoms in total. The molecule has 0 aromatic heterocycles. The van der Waals surface area contributed by atoms with E-state index in [2.05, 4.69) is 12.2 Å². The van der Waals surface area contributed by atoms with Crippen LogP contribution in [-0.2, 0) is 11.2 Å². The van der Waals surface area contributed by atoms with Crippen molar-refractivity contribution in [3.8, 4) is 0 Å². The number of aliphatic hydroxyl groups is 1. The fourth-order valence-corrected chi connectivity index (χ4v) is 3.63. The maximum Gasteiger partial charge on any atom is 0.324 e. The van der Waals surface area contributed by atoms with Crippen LogP contribution in [0.2, 0.25) is 0 Å². The molecule has 1 aliphatic carbocycles. The molecule has 1 atom stereocenters. The first kappa shape index (κ1) is 17.0. The van der Waals surface area contributed by atoms with Crippen molar-refractivity contribution in [1.82, 2.24) is 10.2 Å². The largest absolute Gasteiger partial charge is 0.388 e. The van der Waals surface area contributed by atoms with Crippen LogP contribution in [0.15, 0.2) is 30.3 Å². The van der Waals surface area contributed by atoms with Crippen LogP contribution in [-0.4, -0.2) is 40.1 Å². The van der Waals surface area contributed by atoms with Crippen molar-refractivity contribution in [2.45, 2.75) is 57.1 Å². The van der Waals surface area contributed by atoms with Gasteiger partial charge in [-0.15, -0.1) is 0 Å². The van der Waals surface area contributed by atoms with Gasteiger partial charge >= 0.3 is 6.03 Å². The maximum atomic E-state index is 12.5. The van der Waals surface area contributed by atoms with Crippen molar-refractivity contribution >= 4 is 11.9 Å². The fourth-order valence-electron chi connectivity index (χ4n) is 3.63. The number of hydrogen-bond acceptors (Lipinski definition) is 3. The molecule has 130 valence electrons. The van der Waals surface area contributed by atoms with Crippen LogP contribution < -0.4 is 5.32 Å². The number of aryl methyl sites for hydroxylation is 1. The summed E-state index contributed by atoms with van der Waals surface area (Å²) in [6.45, 7) is 2.29. The van der Waals surface area contributed by atoms with E-state index < -0.39 is 11.6 Å². The van der Waals surface area contributed by atoms with Crippen molar-refractivity contribution in [3.05, 3.63) is 35.9 Å². The highest BCUT2D eigenvalue weighted by Crippen LogP contribution is 2.33. The Labute approximate surface area is 143 Å². The van der Waals surface area contributed by atoms with E-state index >= 15 is 0 Å². The van der Waals surface area contributed by atoms with Crippen molar-refractivity contribution in [2.75, 3.05) is 6.54 Å². The Kier molecular flexibility index (Phi) is 4.90. The molecule has 1 saturated carbocycles. The topological polar surface area (TPSA) is 69.6 Å². The number of β-amino-alcohol motifs (C(OH)–C–C–N with tert-alkyl or cyclic N) is 1. The molecule has 2 aliphatic rings. The summed E-state index contributed by atoms with van der Waals surface area (Å²) in [4.78, 5) is 25.9. The monoisotopic (exact) mass is 330 g/mol. The van der Waals surface area contributed by atoms with Gasteiger partial charge in [0.15, 0.2) is 0 Å². The van der Waals surface area contributed by atoms with E-state index in [9.17, 15) is 14.7 Å². The highest BCUT2D eigenvalue weighted by atomic mass is 16.3. The molecule has 1 aromatic carbocycles. The van der Waals surface area contributed by atoms with Gasteiger partial charge in [0.1, 0.15) is 6.04 Å². The number of hydrogen-bond donors (Lipinski definition) is 2. The van der Waals surface area contributed by atoms with Gasteiger partial charge in [0.25, 0.3) is 5.91 Å². The minimum absolute atomic E-state index is 0.117. The molecule has 1 saturated heterocycles. The third-order valence-corrected chi connectivity index (χ3v) is 5.33. The fraction of sp³-hybridized carbons (Fsp3) is 0.579. The first-order valence-electron chi connectivity index (χ1n) is 8.85. The van der Waals surface area contributed by atoms with Gasteiger partial charge in [0.05, 0.1) is 12.1 Å². The average Bonchev–Trinajstić information content (AvgIpc) is 2.84. The van der Waals surface area contributed by atoms with Crippen molar-refractivity contribution in [1.29, 1.82) is 0 Å². The standard InChI is InChI=1S/C19H26N2O3/c1-14-9-11-19(24,12-10-14)13-21-17(22)16(20-18(21)23)8-7-15-5-3-2-4-6-15/h2-6,14,16,24H,7-13H2,1H3,(H,20,23). The van der Waals surface area contributed by atoms with Crippen LogP contribution in [0.3, 0.4) is 0 Å². The van der Waals surface area contributed by atoms with Gasteiger partial charge in [-0.1, -0.05) is 37.3 Å². The van der Waals surface area contributed by atoms with Crippen LogP contribution in [0.4, 0.5) is 4.79 Å². The van der Waals surface area contributed by atoms with E-state index in [0.29, 0.717) is 25.2 Å². The number of carbonyl (C=O) groups excluding carboxylic acids is 2. The molecule has 2 fully saturated rings. The van der Waals surface area contributed by atoms with Gasteiger partial charge in [-0.05, 0) is 50.0 Å². The Hall–Kier alpha value is -1.88. The second-order valence-corrected chi connectivity index (χ2v) is 7.36. The Bertz CT molecular complexity index is 594. The summed E-state index contributed by atoms with van der Waals surface area (Å²) in [6.07, 6.45) is 4.52. The molecule has 3 rings (SSSR count). The van der Waals surface area contributed by atoms with E-state index in [1.165, 1.54) is 4.90 Å². The average molecular weight is 330 g/mol. The lowest BCUT2D eigenvalue weighted by Crippen LogP contribution is -2.48. The number of urea groups is 1. The van der Waals surface area contributed by atoms with Crippen LogP contribution in [0.1, 0.15) is 44.6 Å². The van der Waals surface area contributed by atoms with E-state index in [-0.39, 0.29) is 18.5 Å². The predicted octanol–water partition coefficient (Wildman–Crippen LogP) is 2.48. The lowest BCUT2D eigenvalue weighted by molar-refractivity contribution is -0.131. The first-order chi connectivity index (χ1) is 11.5. The highest BCUT2D eigenvalue weighted by molar-refractivity contribution is 6.04. The lowest BCUT2D eigenvalue weighted by atomic mass is 9.79. The van der Waals surface area contributed by atoms with Crippen molar-refractivity contribution < 1.29 is 14.7 Å². The normalized spacial score (nSPS) is 30.5. The molecule has 1 unspecified atom stereocenters. The Morgan fingerprint density at radius 3 is 2.54 bits per heavy atom. The summed E-state index contributed by atoms with van der Waals surface area (Å²) in [7, 11) is 0. The third kappa shape index (κ3) is 3.78. The molecule has 5 heteroatoms. The molecular weight excluding hydrogens is 304 g/mol. The van der Waals surface area contributed by atoms with Crippen LogP contribution in [0.25, 0.3) is 0 Å². The Morgan fingerprint density at radius 2 is 1.88 bits per heavy atom. The smallest absolute Gasteiger partial charge is 0.324 e. The Morgan fingerprint density at radius 1 is 1.21 bits per heavy atom. The number of imide groups is 1. The second kappa shape index (κ2) is 6.93. The van der Waals surface area contributed by atoms with E-state index in [1.54, 1.807) is 0 Å².